The predicted molar refractivity (Wildman–Crippen MR) is 327 cm³/mol. The number of nitrogens with zero attached hydrogens (tertiary/aromatic N) is 3. The van der Waals surface area contributed by atoms with Gasteiger partial charge < -0.3 is 14.0 Å². The molecule has 2 aromatic heterocycles. The van der Waals surface area contributed by atoms with Gasteiger partial charge >= 0.3 is 0 Å². The Morgan fingerprint density at radius 2 is 0.844 bits per heavy atom. The summed E-state index contributed by atoms with van der Waals surface area (Å²) in [5, 5.41) is 7.51. The third-order valence-electron chi connectivity index (χ3n) is 17.0. The van der Waals surface area contributed by atoms with Crippen LogP contribution in [-0.4, -0.2) is 9.13 Å². The van der Waals surface area contributed by atoms with Gasteiger partial charge in [-0.25, -0.2) is 0 Å². The van der Waals surface area contributed by atoms with E-state index in [1.54, 1.807) is 0 Å². The van der Waals surface area contributed by atoms with E-state index in [0.717, 1.165) is 17.1 Å². The summed E-state index contributed by atoms with van der Waals surface area (Å²) >= 11 is 0. The van der Waals surface area contributed by atoms with Crippen LogP contribution in [0.3, 0.4) is 0 Å². The summed E-state index contributed by atoms with van der Waals surface area (Å²) in [6.45, 7) is 14.0. The molecule has 0 radical (unpaired) electrons. The highest BCUT2D eigenvalue weighted by atomic mass is 15.2. The second-order valence-corrected chi connectivity index (χ2v) is 22.4. The fraction of sp³-hybridized carbons (Fsp3) is 0.135. The van der Waals surface area contributed by atoms with Gasteiger partial charge in [0.2, 0.25) is 0 Å². The molecule has 1 aliphatic carbocycles. The van der Waals surface area contributed by atoms with Crippen molar-refractivity contribution in [2.24, 2.45) is 0 Å². The number of anilines is 3. The lowest BCUT2D eigenvalue weighted by Gasteiger charge is -2.30. The van der Waals surface area contributed by atoms with Crippen molar-refractivity contribution in [1.29, 1.82) is 0 Å². The van der Waals surface area contributed by atoms with E-state index < -0.39 is 0 Å². The summed E-state index contributed by atoms with van der Waals surface area (Å²) in [5.41, 5.74) is 22.1. The Hall–Kier alpha value is -8.92. The SMILES string of the molecule is CC(C)c1ccc(C(c2ccc3c(c2)C(C)(C)c2cc(N(c4ccc(C(C)C)cc4)c4cccc5c4c4ccccc4n5-c4ccccc4)c4ccccc4c2-3)c2cccc3c2c2ccccc2n3-c2ccccc2)cc1. The third kappa shape index (κ3) is 7.31. The normalized spacial score (nSPS) is 13.4. The molecule has 1 atom stereocenters. The highest BCUT2D eigenvalue weighted by Crippen LogP contribution is 2.56. The van der Waals surface area contributed by atoms with Gasteiger partial charge in [-0.05, 0) is 140 Å². The Balaban J connectivity index is 0.991. The molecular formula is C74H61N3. The molecule has 14 rings (SSSR count). The summed E-state index contributed by atoms with van der Waals surface area (Å²) < 4.78 is 4.88. The van der Waals surface area contributed by atoms with Gasteiger partial charge in [0, 0.05) is 55.3 Å². The van der Waals surface area contributed by atoms with Crippen LogP contribution in [0.2, 0.25) is 0 Å². The molecule has 77 heavy (non-hydrogen) atoms. The maximum atomic E-state index is 2.57. The van der Waals surface area contributed by atoms with E-state index >= 15 is 0 Å². The summed E-state index contributed by atoms with van der Waals surface area (Å²) in [6, 6.07) is 91.3. The van der Waals surface area contributed by atoms with Gasteiger partial charge in [0.1, 0.15) is 0 Å². The van der Waals surface area contributed by atoms with Crippen LogP contribution in [-0.2, 0) is 5.41 Å². The highest BCUT2D eigenvalue weighted by molar-refractivity contribution is 6.19. The van der Waals surface area contributed by atoms with E-state index in [1.165, 1.54) is 116 Å². The molecule has 2 heterocycles. The summed E-state index contributed by atoms with van der Waals surface area (Å²) in [4.78, 5) is 2.56. The molecule has 0 bridgehead atoms. The van der Waals surface area contributed by atoms with Crippen LogP contribution in [0, 0.1) is 0 Å². The monoisotopic (exact) mass is 991 g/mol. The number of hydrogen-bond donors (Lipinski definition) is 0. The van der Waals surface area contributed by atoms with Crippen LogP contribution in [0.25, 0.3) is 76.9 Å². The average molecular weight is 992 g/mol. The van der Waals surface area contributed by atoms with Crippen LogP contribution < -0.4 is 4.90 Å². The number of hydrogen-bond acceptors (Lipinski definition) is 1. The van der Waals surface area contributed by atoms with Crippen molar-refractivity contribution in [3.8, 4) is 22.5 Å². The molecule has 13 aromatic rings. The van der Waals surface area contributed by atoms with Crippen molar-refractivity contribution in [2.75, 3.05) is 4.90 Å². The lowest BCUT2D eigenvalue weighted by atomic mass is 9.78. The summed E-state index contributed by atoms with van der Waals surface area (Å²) in [7, 11) is 0. The summed E-state index contributed by atoms with van der Waals surface area (Å²) in [5.74, 6) is 0.818. The molecule has 1 aliphatic rings. The van der Waals surface area contributed by atoms with E-state index in [0.29, 0.717) is 11.8 Å². The van der Waals surface area contributed by atoms with Crippen molar-refractivity contribution in [2.45, 2.75) is 64.7 Å². The van der Waals surface area contributed by atoms with Crippen LogP contribution >= 0.6 is 0 Å². The maximum absolute atomic E-state index is 2.57. The van der Waals surface area contributed by atoms with E-state index in [2.05, 4.69) is 298 Å². The molecule has 372 valence electrons. The fourth-order valence-corrected chi connectivity index (χ4v) is 13.2. The van der Waals surface area contributed by atoms with Crippen molar-refractivity contribution >= 4 is 71.4 Å². The van der Waals surface area contributed by atoms with Crippen LogP contribution in [0.1, 0.15) is 98.2 Å². The molecule has 0 spiro atoms. The van der Waals surface area contributed by atoms with Crippen LogP contribution in [0.4, 0.5) is 17.1 Å². The largest absolute Gasteiger partial charge is 0.309 e. The topological polar surface area (TPSA) is 13.1 Å². The zero-order valence-corrected chi connectivity index (χ0v) is 44.7. The van der Waals surface area contributed by atoms with E-state index in [1.807, 2.05) is 0 Å². The minimum Gasteiger partial charge on any atom is -0.309 e. The van der Waals surface area contributed by atoms with Gasteiger partial charge in [0.05, 0.1) is 33.4 Å². The Kier molecular flexibility index (Phi) is 11.0. The highest BCUT2D eigenvalue weighted by Gasteiger charge is 2.39. The van der Waals surface area contributed by atoms with Crippen molar-refractivity contribution in [3.05, 3.63) is 282 Å². The minimum absolute atomic E-state index is 0.0325. The molecular weight excluding hydrogens is 931 g/mol. The molecule has 0 amide bonds. The second-order valence-electron chi connectivity index (χ2n) is 22.4. The Labute approximate surface area is 451 Å². The molecule has 3 nitrogen and oxygen atoms in total. The van der Waals surface area contributed by atoms with E-state index in [9.17, 15) is 0 Å². The first kappa shape index (κ1) is 46.6. The zero-order chi connectivity index (χ0) is 52.1. The minimum atomic E-state index is -0.344. The van der Waals surface area contributed by atoms with Gasteiger partial charge in [0.25, 0.3) is 0 Å². The lowest BCUT2D eigenvalue weighted by Crippen LogP contribution is -2.18. The van der Waals surface area contributed by atoms with Gasteiger partial charge in [-0.2, -0.15) is 0 Å². The molecule has 1 unspecified atom stereocenters. The Morgan fingerprint density at radius 1 is 0.364 bits per heavy atom. The van der Waals surface area contributed by atoms with Gasteiger partial charge in [-0.15, -0.1) is 0 Å². The number of fused-ring (bicyclic) bond motifs is 11. The lowest BCUT2D eigenvalue weighted by molar-refractivity contribution is 0.659. The van der Waals surface area contributed by atoms with Crippen molar-refractivity contribution < 1.29 is 0 Å². The fourth-order valence-electron chi connectivity index (χ4n) is 13.2. The molecule has 3 heteroatoms. The van der Waals surface area contributed by atoms with Crippen LogP contribution in [0.15, 0.2) is 243 Å². The van der Waals surface area contributed by atoms with E-state index in [-0.39, 0.29) is 11.3 Å². The van der Waals surface area contributed by atoms with Gasteiger partial charge in [-0.3, -0.25) is 0 Å². The first-order valence-electron chi connectivity index (χ1n) is 27.5. The Morgan fingerprint density at radius 3 is 1.45 bits per heavy atom. The number of para-hydroxylation sites is 4. The summed E-state index contributed by atoms with van der Waals surface area (Å²) in [6.07, 6.45) is 0. The van der Waals surface area contributed by atoms with Crippen molar-refractivity contribution in [3.63, 3.8) is 0 Å². The second kappa shape index (κ2) is 18.1. The number of aromatic nitrogens is 2. The first-order valence-corrected chi connectivity index (χ1v) is 27.5. The molecule has 0 N–H and O–H groups in total. The average Bonchev–Trinajstić information content (AvgIpc) is 4.31. The van der Waals surface area contributed by atoms with Gasteiger partial charge in [0.15, 0.2) is 0 Å². The van der Waals surface area contributed by atoms with E-state index in [4.69, 9.17) is 0 Å². The van der Waals surface area contributed by atoms with Crippen molar-refractivity contribution in [1.82, 2.24) is 9.13 Å². The number of rotatable bonds is 10. The van der Waals surface area contributed by atoms with Crippen LogP contribution in [0.5, 0.6) is 0 Å². The molecule has 0 aliphatic heterocycles. The molecule has 0 saturated heterocycles. The predicted octanol–water partition coefficient (Wildman–Crippen LogP) is 20.2. The third-order valence-corrected chi connectivity index (χ3v) is 17.0. The standard InChI is InChI=1S/C74H61N3/c1-47(2)49-35-37-51(38-36-49)70(61-29-19-32-66-72(61)59-27-15-17-30-64(59)75(66)53-21-9-7-10-22-53)52-41-44-58-62(45-52)74(5,6)63-46-69(56-25-13-14-26-57(56)71(58)63)77(55-42-39-50(40-43-55)48(3)4)68-34-20-33-67-73(68)60-28-16-18-31-65(60)76(67)54-23-11-8-12-24-54/h7-48,70H,1-6H3. The maximum Gasteiger partial charge on any atom is 0.0562 e. The number of benzene rings is 11. The molecule has 11 aromatic carbocycles. The Bertz CT molecular complexity index is 4400. The molecule has 0 saturated carbocycles. The first-order chi connectivity index (χ1) is 37.7. The molecule has 0 fully saturated rings. The van der Waals surface area contributed by atoms with Gasteiger partial charge in [-0.1, -0.05) is 211 Å². The quantitative estimate of drug-likeness (QED) is 0.124. The smallest absolute Gasteiger partial charge is 0.0562 e. The zero-order valence-electron chi connectivity index (χ0n) is 44.7.